The summed E-state index contributed by atoms with van der Waals surface area (Å²) < 4.78 is 18.2. The van der Waals surface area contributed by atoms with Crippen LogP contribution in [0.5, 0.6) is 5.75 Å². The van der Waals surface area contributed by atoms with Crippen LogP contribution in [0.15, 0.2) is 18.2 Å². The van der Waals surface area contributed by atoms with Gasteiger partial charge in [0.2, 0.25) is 0 Å². The Morgan fingerprint density at radius 1 is 1.53 bits per heavy atom. The van der Waals surface area contributed by atoms with Crippen molar-refractivity contribution in [3.05, 3.63) is 34.1 Å². The Hall–Kier alpha value is -2.22. The van der Waals surface area contributed by atoms with E-state index in [1.165, 1.54) is 0 Å². The SMILES string of the molecule is CC(C)C(Oc1ccc(F)cc1[N+](=O)[O-])C(=O)NN. The van der Waals surface area contributed by atoms with Crippen LogP contribution in [0.4, 0.5) is 10.1 Å². The van der Waals surface area contributed by atoms with Crippen molar-refractivity contribution in [3.63, 3.8) is 0 Å². The number of hydrogen-bond acceptors (Lipinski definition) is 5. The molecule has 0 spiro atoms. The van der Waals surface area contributed by atoms with Crippen molar-refractivity contribution < 1.29 is 18.8 Å². The van der Waals surface area contributed by atoms with E-state index in [9.17, 15) is 19.3 Å². The first-order valence-corrected chi connectivity index (χ1v) is 5.48. The van der Waals surface area contributed by atoms with Crippen molar-refractivity contribution in [2.45, 2.75) is 20.0 Å². The molecule has 0 aliphatic rings. The van der Waals surface area contributed by atoms with Gasteiger partial charge in [-0.1, -0.05) is 13.8 Å². The number of amides is 1. The monoisotopic (exact) mass is 271 g/mol. The highest BCUT2D eigenvalue weighted by atomic mass is 19.1. The van der Waals surface area contributed by atoms with Crippen molar-refractivity contribution in [2.24, 2.45) is 11.8 Å². The topological polar surface area (TPSA) is 107 Å². The predicted molar refractivity (Wildman–Crippen MR) is 64.6 cm³/mol. The van der Waals surface area contributed by atoms with Crippen LogP contribution in [-0.2, 0) is 4.79 Å². The molecule has 0 fully saturated rings. The van der Waals surface area contributed by atoms with Gasteiger partial charge in [-0.15, -0.1) is 0 Å². The van der Waals surface area contributed by atoms with Gasteiger partial charge in [-0.05, 0) is 18.1 Å². The third kappa shape index (κ3) is 3.62. The van der Waals surface area contributed by atoms with E-state index in [2.05, 4.69) is 0 Å². The second-order valence-corrected chi connectivity index (χ2v) is 4.16. The van der Waals surface area contributed by atoms with E-state index in [0.29, 0.717) is 0 Å². The largest absolute Gasteiger partial charge is 0.473 e. The number of carbonyl (C=O) groups is 1. The normalized spacial score (nSPS) is 12.1. The second kappa shape index (κ2) is 6.10. The van der Waals surface area contributed by atoms with Gasteiger partial charge in [-0.2, -0.15) is 0 Å². The zero-order valence-corrected chi connectivity index (χ0v) is 10.4. The lowest BCUT2D eigenvalue weighted by Crippen LogP contribution is -2.44. The predicted octanol–water partition coefficient (Wildman–Crippen LogP) is 1.13. The lowest BCUT2D eigenvalue weighted by atomic mass is 10.1. The summed E-state index contributed by atoms with van der Waals surface area (Å²) >= 11 is 0. The van der Waals surface area contributed by atoms with Gasteiger partial charge in [-0.25, -0.2) is 10.2 Å². The number of hydrazine groups is 1. The average Bonchev–Trinajstić information content (AvgIpc) is 2.35. The maximum Gasteiger partial charge on any atom is 0.313 e. The summed E-state index contributed by atoms with van der Waals surface area (Å²) in [5.41, 5.74) is 1.37. The lowest BCUT2D eigenvalue weighted by Gasteiger charge is -2.20. The molecule has 0 saturated carbocycles. The summed E-state index contributed by atoms with van der Waals surface area (Å²) in [4.78, 5) is 21.5. The van der Waals surface area contributed by atoms with Gasteiger partial charge >= 0.3 is 5.69 Å². The number of carbonyl (C=O) groups excluding carboxylic acids is 1. The number of rotatable bonds is 5. The quantitative estimate of drug-likeness (QED) is 0.361. The van der Waals surface area contributed by atoms with Gasteiger partial charge in [0.25, 0.3) is 5.91 Å². The Balaban J connectivity index is 3.09. The van der Waals surface area contributed by atoms with Crippen LogP contribution in [0.3, 0.4) is 0 Å². The Kier molecular flexibility index (Phi) is 4.76. The number of hydrogen-bond donors (Lipinski definition) is 2. The van der Waals surface area contributed by atoms with E-state index in [1.807, 2.05) is 5.43 Å². The molecule has 0 aliphatic carbocycles. The summed E-state index contributed by atoms with van der Waals surface area (Å²) in [6.45, 7) is 3.38. The Bertz CT molecular complexity index is 493. The van der Waals surface area contributed by atoms with Crippen molar-refractivity contribution in [1.29, 1.82) is 0 Å². The first-order valence-electron chi connectivity index (χ1n) is 5.48. The molecule has 7 nitrogen and oxygen atoms in total. The van der Waals surface area contributed by atoms with Gasteiger partial charge < -0.3 is 4.74 Å². The van der Waals surface area contributed by atoms with Gasteiger partial charge in [-0.3, -0.25) is 20.3 Å². The smallest absolute Gasteiger partial charge is 0.313 e. The number of nitro benzene ring substituents is 1. The molecule has 1 aromatic rings. The fourth-order valence-corrected chi connectivity index (χ4v) is 1.44. The minimum atomic E-state index is -1.01. The van der Waals surface area contributed by atoms with Gasteiger partial charge in [0, 0.05) is 0 Å². The summed E-state index contributed by atoms with van der Waals surface area (Å²) in [6.07, 6.45) is -1.01. The Morgan fingerprint density at radius 2 is 2.16 bits per heavy atom. The molecule has 1 aromatic carbocycles. The van der Waals surface area contributed by atoms with Crippen molar-refractivity contribution in [2.75, 3.05) is 0 Å². The molecule has 1 unspecified atom stereocenters. The van der Waals surface area contributed by atoms with Crippen LogP contribution in [-0.4, -0.2) is 16.9 Å². The molecule has 3 N–H and O–H groups in total. The van der Waals surface area contributed by atoms with Crippen LogP contribution in [0.1, 0.15) is 13.8 Å². The third-order valence-corrected chi connectivity index (χ3v) is 2.38. The molecule has 0 heterocycles. The molecule has 0 aliphatic heterocycles. The van der Waals surface area contributed by atoms with Gasteiger partial charge in [0.1, 0.15) is 5.82 Å². The Morgan fingerprint density at radius 3 is 2.63 bits per heavy atom. The molecular weight excluding hydrogens is 257 g/mol. The van der Waals surface area contributed by atoms with Crippen LogP contribution in [0.25, 0.3) is 0 Å². The van der Waals surface area contributed by atoms with Crippen LogP contribution in [0, 0.1) is 21.8 Å². The molecular formula is C11H14FN3O4. The fraction of sp³-hybridized carbons (Fsp3) is 0.364. The summed E-state index contributed by atoms with van der Waals surface area (Å²) in [5.74, 6) is 3.18. The van der Waals surface area contributed by atoms with Crippen molar-refractivity contribution >= 4 is 11.6 Å². The number of ether oxygens (including phenoxy) is 1. The standard InChI is InChI=1S/C11H14FN3O4/c1-6(2)10(11(16)14-13)19-9-4-3-7(12)5-8(9)15(17)18/h3-6,10H,13H2,1-2H3,(H,14,16). The zero-order chi connectivity index (χ0) is 14.6. The molecule has 0 bridgehead atoms. The minimum absolute atomic E-state index is 0.186. The highest BCUT2D eigenvalue weighted by Gasteiger charge is 2.27. The van der Waals surface area contributed by atoms with E-state index in [4.69, 9.17) is 10.6 Å². The third-order valence-electron chi connectivity index (χ3n) is 2.38. The summed E-state index contributed by atoms with van der Waals surface area (Å²) in [7, 11) is 0. The molecule has 0 aromatic heterocycles. The number of nitrogens with zero attached hydrogens (tertiary/aromatic N) is 1. The highest BCUT2D eigenvalue weighted by Crippen LogP contribution is 2.29. The molecule has 1 rings (SSSR count). The minimum Gasteiger partial charge on any atom is -0.473 e. The number of nitro groups is 1. The van der Waals surface area contributed by atoms with Crippen LogP contribution < -0.4 is 16.0 Å². The summed E-state index contributed by atoms with van der Waals surface area (Å²) in [5, 5.41) is 10.8. The van der Waals surface area contributed by atoms with E-state index in [0.717, 1.165) is 18.2 Å². The zero-order valence-electron chi connectivity index (χ0n) is 10.4. The number of nitrogens with two attached hydrogens (primary N) is 1. The summed E-state index contributed by atoms with van der Waals surface area (Å²) in [6, 6.07) is 2.85. The number of benzene rings is 1. The average molecular weight is 271 g/mol. The van der Waals surface area contributed by atoms with E-state index < -0.39 is 28.4 Å². The molecule has 0 radical (unpaired) electrons. The highest BCUT2D eigenvalue weighted by molar-refractivity contribution is 5.80. The molecule has 19 heavy (non-hydrogen) atoms. The van der Waals surface area contributed by atoms with Crippen LogP contribution >= 0.6 is 0 Å². The first-order chi connectivity index (χ1) is 8.86. The Labute approximate surface area is 108 Å². The number of nitrogens with one attached hydrogen (secondary N) is 1. The van der Waals surface area contributed by atoms with E-state index in [1.54, 1.807) is 13.8 Å². The van der Waals surface area contributed by atoms with E-state index in [-0.39, 0.29) is 11.7 Å². The van der Waals surface area contributed by atoms with Gasteiger partial charge in [0.15, 0.2) is 11.9 Å². The van der Waals surface area contributed by atoms with Crippen LogP contribution in [0.2, 0.25) is 0 Å². The first kappa shape index (κ1) is 14.8. The molecule has 1 atom stereocenters. The lowest BCUT2D eigenvalue weighted by molar-refractivity contribution is -0.386. The fourth-order valence-electron chi connectivity index (χ4n) is 1.44. The molecule has 8 heteroatoms. The molecule has 104 valence electrons. The maximum absolute atomic E-state index is 13.0. The second-order valence-electron chi connectivity index (χ2n) is 4.16. The molecule has 0 saturated heterocycles. The van der Waals surface area contributed by atoms with Crippen molar-refractivity contribution in [1.82, 2.24) is 5.43 Å². The van der Waals surface area contributed by atoms with Gasteiger partial charge in [0.05, 0.1) is 11.0 Å². The van der Waals surface area contributed by atoms with E-state index >= 15 is 0 Å². The number of halogens is 1. The molecule has 1 amide bonds. The maximum atomic E-state index is 13.0. The van der Waals surface area contributed by atoms with Crippen molar-refractivity contribution in [3.8, 4) is 5.75 Å².